The molecule has 5 nitrogen and oxygen atoms in total. The van der Waals surface area contributed by atoms with Crippen LogP contribution in [0.15, 0.2) is 18.2 Å². The Morgan fingerprint density at radius 1 is 1.31 bits per heavy atom. The largest absolute Gasteiger partial charge is 0.339 e. The molecule has 1 aromatic carbocycles. The van der Waals surface area contributed by atoms with Crippen LogP contribution >= 0.6 is 11.3 Å². The van der Waals surface area contributed by atoms with Crippen LogP contribution in [0.4, 0.5) is 5.69 Å². The molecule has 2 aromatic rings. The first-order valence-electron chi connectivity index (χ1n) is 9.52. The van der Waals surface area contributed by atoms with Crippen LogP contribution in [0.1, 0.15) is 56.9 Å². The highest BCUT2D eigenvalue weighted by molar-refractivity contribution is 7.18. The Bertz CT molecular complexity index is 839. The Kier molecular flexibility index (Phi) is 4.69. The second kappa shape index (κ2) is 6.99. The van der Waals surface area contributed by atoms with Gasteiger partial charge < -0.3 is 10.2 Å². The number of hydrogen-bond acceptors (Lipinski definition) is 4. The number of aromatic nitrogens is 1. The van der Waals surface area contributed by atoms with Gasteiger partial charge in [0.1, 0.15) is 0 Å². The van der Waals surface area contributed by atoms with Gasteiger partial charge in [-0.3, -0.25) is 9.59 Å². The number of anilines is 1. The Labute approximate surface area is 157 Å². The number of nitrogens with one attached hydrogen (secondary N) is 1. The quantitative estimate of drug-likeness (QED) is 0.878. The molecule has 0 bridgehead atoms. The van der Waals surface area contributed by atoms with Gasteiger partial charge in [0.05, 0.1) is 21.1 Å². The average Bonchev–Trinajstić information content (AvgIpc) is 3.32. The van der Waals surface area contributed by atoms with E-state index in [1.807, 2.05) is 23.1 Å². The summed E-state index contributed by atoms with van der Waals surface area (Å²) in [7, 11) is 0. The molecule has 1 saturated heterocycles. The Balaban J connectivity index is 1.44. The molecule has 1 saturated carbocycles. The molecule has 6 heteroatoms. The van der Waals surface area contributed by atoms with Crippen molar-refractivity contribution < 1.29 is 9.59 Å². The molecular weight excluding hydrogens is 346 g/mol. The fourth-order valence-corrected chi connectivity index (χ4v) is 5.00. The zero-order chi connectivity index (χ0) is 18.3. The average molecular weight is 372 g/mol. The zero-order valence-electron chi connectivity index (χ0n) is 15.3. The summed E-state index contributed by atoms with van der Waals surface area (Å²) in [6, 6.07) is 6.19. The van der Waals surface area contributed by atoms with Crippen molar-refractivity contribution in [3.05, 3.63) is 23.2 Å². The van der Waals surface area contributed by atoms with Crippen molar-refractivity contribution in [1.29, 1.82) is 0 Å². The summed E-state index contributed by atoms with van der Waals surface area (Å²) >= 11 is 1.67. The van der Waals surface area contributed by atoms with Gasteiger partial charge in [0.2, 0.25) is 11.8 Å². The number of fused-ring (bicyclic) bond motifs is 1. The van der Waals surface area contributed by atoms with Crippen LogP contribution in [0, 0.1) is 5.92 Å². The summed E-state index contributed by atoms with van der Waals surface area (Å²) in [6.07, 6.45) is 4.89. The molecule has 2 fully saturated rings. The lowest BCUT2D eigenvalue weighted by Crippen LogP contribution is -2.35. The Hall–Kier alpha value is -1.95. The van der Waals surface area contributed by atoms with Crippen molar-refractivity contribution in [2.75, 3.05) is 11.9 Å². The van der Waals surface area contributed by atoms with Gasteiger partial charge in [-0.25, -0.2) is 4.98 Å². The SMILES string of the molecule is CC(C)c1nc2ccc(NC(=O)C3CC(=O)N(C4CCCC4)C3)cc2s1. The minimum absolute atomic E-state index is 0.0493. The summed E-state index contributed by atoms with van der Waals surface area (Å²) in [5.41, 5.74) is 1.76. The molecular formula is C20H25N3O2S. The van der Waals surface area contributed by atoms with Gasteiger partial charge in [-0.05, 0) is 31.0 Å². The molecule has 2 heterocycles. The second-order valence-electron chi connectivity index (χ2n) is 7.76. The number of amides is 2. The minimum atomic E-state index is -0.244. The van der Waals surface area contributed by atoms with E-state index in [1.54, 1.807) is 11.3 Å². The number of rotatable bonds is 4. The highest BCUT2D eigenvalue weighted by atomic mass is 32.1. The van der Waals surface area contributed by atoms with E-state index in [0.717, 1.165) is 33.8 Å². The lowest BCUT2D eigenvalue weighted by molar-refractivity contribution is -0.129. The van der Waals surface area contributed by atoms with Crippen molar-refractivity contribution in [3.8, 4) is 0 Å². The third-order valence-corrected chi connectivity index (χ3v) is 6.78. The molecule has 2 amide bonds. The lowest BCUT2D eigenvalue weighted by Gasteiger charge is -2.23. The molecule has 1 aromatic heterocycles. The zero-order valence-corrected chi connectivity index (χ0v) is 16.1. The lowest BCUT2D eigenvalue weighted by atomic mass is 10.1. The third kappa shape index (κ3) is 3.34. The monoisotopic (exact) mass is 371 g/mol. The predicted molar refractivity (Wildman–Crippen MR) is 104 cm³/mol. The molecule has 1 aliphatic carbocycles. The highest BCUT2D eigenvalue weighted by Gasteiger charge is 2.38. The highest BCUT2D eigenvalue weighted by Crippen LogP contribution is 2.31. The molecule has 0 spiro atoms. The summed E-state index contributed by atoms with van der Waals surface area (Å²) in [4.78, 5) is 31.5. The minimum Gasteiger partial charge on any atom is -0.339 e. The van der Waals surface area contributed by atoms with E-state index in [2.05, 4.69) is 24.1 Å². The topological polar surface area (TPSA) is 62.3 Å². The number of likely N-dealkylation sites (tertiary alicyclic amines) is 1. The van der Waals surface area contributed by atoms with Crippen molar-refractivity contribution in [1.82, 2.24) is 9.88 Å². The van der Waals surface area contributed by atoms with E-state index in [4.69, 9.17) is 0 Å². The fraction of sp³-hybridized carbons (Fsp3) is 0.550. The molecule has 1 aliphatic heterocycles. The van der Waals surface area contributed by atoms with Gasteiger partial charge in [0.15, 0.2) is 0 Å². The van der Waals surface area contributed by atoms with Gasteiger partial charge in [0, 0.05) is 30.6 Å². The van der Waals surface area contributed by atoms with Crippen molar-refractivity contribution in [3.63, 3.8) is 0 Å². The molecule has 1 atom stereocenters. The number of thiazole rings is 1. The Morgan fingerprint density at radius 3 is 2.81 bits per heavy atom. The van der Waals surface area contributed by atoms with Crippen molar-refractivity contribution in [2.45, 2.75) is 57.9 Å². The van der Waals surface area contributed by atoms with Crippen molar-refractivity contribution >= 4 is 39.1 Å². The maximum absolute atomic E-state index is 12.7. The van der Waals surface area contributed by atoms with Crippen LogP contribution in [-0.2, 0) is 9.59 Å². The molecule has 0 radical (unpaired) electrons. The van der Waals surface area contributed by atoms with Crippen LogP contribution in [0.2, 0.25) is 0 Å². The van der Waals surface area contributed by atoms with Crippen LogP contribution in [0.3, 0.4) is 0 Å². The number of carbonyl (C=O) groups excluding carboxylic acids is 2. The number of benzene rings is 1. The maximum Gasteiger partial charge on any atom is 0.229 e. The van der Waals surface area contributed by atoms with E-state index in [1.165, 1.54) is 12.8 Å². The summed E-state index contributed by atoms with van der Waals surface area (Å²) in [6.45, 7) is 4.83. The third-order valence-electron chi connectivity index (χ3n) is 5.46. The molecule has 1 N–H and O–H groups in total. The molecule has 26 heavy (non-hydrogen) atoms. The first-order chi connectivity index (χ1) is 12.5. The van der Waals surface area contributed by atoms with Gasteiger partial charge in [-0.1, -0.05) is 26.7 Å². The first kappa shape index (κ1) is 17.5. The van der Waals surface area contributed by atoms with Crippen LogP contribution < -0.4 is 5.32 Å². The van der Waals surface area contributed by atoms with E-state index in [9.17, 15) is 9.59 Å². The van der Waals surface area contributed by atoms with E-state index < -0.39 is 0 Å². The van der Waals surface area contributed by atoms with E-state index >= 15 is 0 Å². The fourth-order valence-electron chi connectivity index (χ4n) is 3.99. The van der Waals surface area contributed by atoms with E-state index in [-0.39, 0.29) is 17.7 Å². The van der Waals surface area contributed by atoms with Crippen LogP contribution in [-0.4, -0.2) is 34.3 Å². The molecule has 138 valence electrons. The summed E-state index contributed by atoms with van der Waals surface area (Å²) < 4.78 is 1.08. The van der Waals surface area contributed by atoms with Gasteiger partial charge in [-0.15, -0.1) is 11.3 Å². The maximum atomic E-state index is 12.7. The number of nitrogens with zero attached hydrogens (tertiary/aromatic N) is 2. The van der Waals surface area contributed by atoms with Crippen LogP contribution in [0.5, 0.6) is 0 Å². The first-order valence-corrected chi connectivity index (χ1v) is 10.3. The number of hydrogen-bond donors (Lipinski definition) is 1. The molecule has 4 rings (SSSR count). The van der Waals surface area contributed by atoms with Gasteiger partial charge in [0.25, 0.3) is 0 Å². The Morgan fingerprint density at radius 2 is 2.08 bits per heavy atom. The summed E-state index contributed by atoms with van der Waals surface area (Å²) in [5, 5.41) is 4.12. The van der Waals surface area contributed by atoms with Crippen LogP contribution in [0.25, 0.3) is 10.2 Å². The van der Waals surface area contributed by atoms with Crippen molar-refractivity contribution in [2.24, 2.45) is 5.92 Å². The molecule has 2 aliphatic rings. The van der Waals surface area contributed by atoms with E-state index in [0.29, 0.717) is 24.9 Å². The smallest absolute Gasteiger partial charge is 0.229 e. The van der Waals surface area contributed by atoms with Gasteiger partial charge >= 0.3 is 0 Å². The standard InChI is InChI=1S/C20H25N3O2S/c1-12(2)20-22-16-8-7-14(10-17(16)26-20)21-19(25)13-9-18(24)23(11-13)15-5-3-4-6-15/h7-8,10,12-13,15H,3-6,9,11H2,1-2H3,(H,21,25). The second-order valence-corrected chi connectivity index (χ2v) is 8.83. The van der Waals surface area contributed by atoms with Gasteiger partial charge in [-0.2, -0.15) is 0 Å². The predicted octanol–water partition coefficient (Wildman–Crippen LogP) is 4.15. The molecule has 1 unspecified atom stereocenters. The normalized spacial score (nSPS) is 21.3. The number of carbonyl (C=O) groups is 2. The summed E-state index contributed by atoms with van der Waals surface area (Å²) in [5.74, 6) is 0.242.